The molecule has 4 amide bonds. The zero-order valence-corrected chi connectivity index (χ0v) is 17.6. The number of nitrogens with one attached hydrogen (secondary N) is 1. The third-order valence-electron chi connectivity index (χ3n) is 5.74. The predicted octanol–water partition coefficient (Wildman–Crippen LogP) is 2.10. The second kappa shape index (κ2) is 8.67. The number of carbonyl (C=O) groups is 3. The fourth-order valence-electron chi connectivity index (χ4n) is 4.03. The highest BCUT2D eigenvalue weighted by atomic mass is 16.5. The Kier molecular flexibility index (Phi) is 5.79. The predicted molar refractivity (Wildman–Crippen MR) is 113 cm³/mol. The molecular weight excluding hydrogens is 398 g/mol. The molecule has 4 rings (SSSR count). The molecule has 8 heteroatoms. The fraction of sp³-hybridized carbons (Fsp3) is 0.348. The van der Waals surface area contributed by atoms with E-state index in [0.29, 0.717) is 31.0 Å². The lowest BCUT2D eigenvalue weighted by Gasteiger charge is -2.30. The number of ether oxygens (including phenoxy) is 2. The first-order valence-corrected chi connectivity index (χ1v) is 10.2. The topological polar surface area (TPSA) is 88.2 Å². The van der Waals surface area contributed by atoms with Crippen LogP contribution in [0, 0.1) is 0 Å². The Morgan fingerprint density at radius 3 is 2.42 bits per heavy atom. The molecule has 0 aliphatic carbocycles. The lowest BCUT2D eigenvalue weighted by atomic mass is 9.98. The number of benzene rings is 2. The number of methoxy groups -OCH3 is 2. The van der Waals surface area contributed by atoms with Crippen LogP contribution >= 0.6 is 0 Å². The van der Waals surface area contributed by atoms with Gasteiger partial charge in [-0.2, -0.15) is 0 Å². The van der Waals surface area contributed by atoms with Gasteiger partial charge in [0.2, 0.25) is 5.91 Å². The summed E-state index contributed by atoms with van der Waals surface area (Å²) in [5.74, 6) is 0.746. The molecule has 8 nitrogen and oxygen atoms in total. The van der Waals surface area contributed by atoms with Crippen LogP contribution in [-0.2, 0) is 29.1 Å². The van der Waals surface area contributed by atoms with E-state index in [4.69, 9.17) is 9.47 Å². The van der Waals surface area contributed by atoms with Crippen molar-refractivity contribution in [3.05, 3.63) is 59.2 Å². The number of hydrogen-bond acceptors (Lipinski definition) is 5. The number of hydrogen-bond donors (Lipinski definition) is 1. The van der Waals surface area contributed by atoms with Crippen molar-refractivity contribution < 1.29 is 23.9 Å². The summed E-state index contributed by atoms with van der Waals surface area (Å²) in [7, 11) is 3.17. The zero-order chi connectivity index (χ0) is 22.0. The van der Waals surface area contributed by atoms with Crippen molar-refractivity contribution >= 4 is 17.8 Å². The van der Waals surface area contributed by atoms with Gasteiger partial charge in [-0.15, -0.1) is 0 Å². The van der Waals surface area contributed by atoms with Crippen molar-refractivity contribution in [3.63, 3.8) is 0 Å². The molecule has 2 heterocycles. The Labute approximate surface area is 180 Å². The van der Waals surface area contributed by atoms with Crippen LogP contribution in [0.25, 0.3) is 0 Å². The van der Waals surface area contributed by atoms with E-state index in [1.165, 1.54) is 0 Å². The molecule has 162 valence electrons. The highest BCUT2D eigenvalue weighted by Crippen LogP contribution is 2.33. The van der Waals surface area contributed by atoms with Gasteiger partial charge in [0.25, 0.3) is 5.91 Å². The molecular formula is C23H25N3O5. The first-order chi connectivity index (χ1) is 15.0. The highest BCUT2D eigenvalue weighted by Gasteiger charge is 2.40. The van der Waals surface area contributed by atoms with Gasteiger partial charge in [-0.3, -0.25) is 14.5 Å². The van der Waals surface area contributed by atoms with Crippen molar-refractivity contribution in [1.82, 2.24) is 15.1 Å². The Morgan fingerprint density at radius 1 is 1.06 bits per heavy atom. The summed E-state index contributed by atoms with van der Waals surface area (Å²) < 4.78 is 10.7. The van der Waals surface area contributed by atoms with E-state index >= 15 is 0 Å². The van der Waals surface area contributed by atoms with Crippen LogP contribution in [-0.4, -0.2) is 54.5 Å². The first-order valence-electron chi connectivity index (χ1n) is 10.2. The van der Waals surface area contributed by atoms with Crippen LogP contribution in [0.3, 0.4) is 0 Å². The lowest BCUT2D eigenvalue weighted by molar-refractivity contribution is -0.136. The number of rotatable bonds is 6. The van der Waals surface area contributed by atoms with Gasteiger partial charge in [0.1, 0.15) is 6.04 Å². The third-order valence-corrected chi connectivity index (χ3v) is 5.74. The minimum absolute atomic E-state index is 0.0571. The smallest absolute Gasteiger partial charge is 0.325 e. The summed E-state index contributed by atoms with van der Waals surface area (Å²) >= 11 is 0. The van der Waals surface area contributed by atoms with Gasteiger partial charge >= 0.3 is 6.03 Å². The Bertz CT molecular complexity index is 1010. The number of nitrogens with zero attached hydrogens (tertiary/aromatic N) is 2. The molecule has 1 N–H and O–H groups in total. The number of amides is 4. The maximum Gasteiger partial charge on any atom is 0.325 e. The molecule has 2 aromatic rings. The van der Waals surface area contributed by atoms with Crippen LogP contribution < -0.4 is 14.8 Å². The van der Waals surface area contributed by atoms with E-state index in [1.807, 2.05) is 42.5 Å². The average Bonchev–Trinajstić information content (AvgIpc) is 3.05. The SMILES string of the molecule is COc1cc2c(cc1OC)CN(C(=O)C[C@@H]1NC(=O)N(Cc3ccccc3)C1=O)CC2. The molecule has 31 heavy (non-hydrogen) atoms. The van der Waals surface area contributed by atoms with Crippen molar-refractivity contribution in [2.24, 2.45) is 0 Å². The fourth-order valence-corrected chi connectivity index (χ4v) is 4.03. The Hall–Kier alpha value is -3.55. The van der Waals surface area contributed by atoms with Crippen LogP contribution in [0.15, 0.2) is 42.5 Å². The molecule has 0 unspecified atom stereocenters. The van der Waals surface area contributed by atoms with E-state index in [9.17, 15) is 14.4 Å². The zero-order valence-electron chi connectivity index (χ0n) is 17.6. The standard InChI is InChI=1S/C23H25N3O5/c1-30-19-10-16-8-9-25(14-17(16)11-20(19)31-2)21(27)12-18-22(28)26(23(29)24-18)13-15-6-4-3-5-7-15/h3-7,10-11,18H,8-9,12-14H2,1-2H3,(H,24,29)/t18-/m0/s1. The van der Waals surface area contributed by atoms with Gasteiger partial charge in [-0.05, 0) is 35.2 Å². The minimum Gasteiger partial charge on any atom is -0.493 e. The molecule has 0 spiro atoms. The van der Waals surface area contributed by atoms with Gasteiger partial charge < -0.3 is 19.7 Å². The monoisotopic (exact) mass is 423 g/mol. The molecule has 1 saturated heterocycles. The molecule has 0 saturated carbocycles. The van der Waals surface area contributed by atoms with Crippen molar-refractivity contribution in [2.45, 2.75) is 32.0 Å². The van der Waals surface area contributed by atoms with E-state index in [1.54, 1.807) is 19.1 Å². The summed E-state index contributed by atoms with van der Waals surface area (Å²) in [5.41, 5.74) is 2.96. The van der Waals surface area contributed by atoms with E-state index < -0.39 is 12.1 Å². The summed E-state index contributed by atoms with van der Waals surface area (Å²) in [5, 5.41) is 2.65. The maximum absolute atomic E-state index is 12.9. The second-order valence-corrected chi connectivity index (χ2v) is 7.66. The third kappa shape index (κ3) is 4.19. The number of urea groups is 1. The van der Waals surface area contributed by atoms with E-state index in [-0.39, 0.29) is 24.8 Å². The first kappa shape index (κ1) is 20.7. The van der Waals surface area contributed by atoms with E-state index in [0.717, 1.165) is 21.6 Å². The van der Waals surface area contributed by atoms with Crippen LogP contribution in [0.4, 0.5) is 4.79 Å². The summed E-state index contributed by atoms with van der Waals surface area (Å²) in [4.78, 5) is 40.8. The van der Waals surface area contributed by atoms with Gasteiger partial charge in [0, 0.05) is 13.1 Å². The molecule has 1 fully saturated rings. The molecule has 0 radical (unpaired) electrons. The number of imide groups is 1. The van der Waals surface area contributed by atoms with Crippen LogP contribution in [0.5, 0.6) is 11.5 Å². The molecule has 2 aromatic carbocycles. The normalized spacial score (nSPS) is 17.9. The van der Waals surface area contributed by atoms with E-state index in [2.05, 4.69) is 5.32 Å². The second-order valence-electron chi connectivity index (χ2n) is 7.66. The Morgan fingerprint density at radius 2 is 1.74 bits per heavy atom. The average molecular weight is 423 g/mol. The quantitative estimate of drug-likeness (QED) is 0.719. The van der Waals surface area contributed by atoms with Gasteiger partial charge in [0.15, 0.2) is 11.5 Å². The van der Waals surface area contributed by atoms with Crippen molar-refractivity contribution in [3.8, 4) is 11.5 Å². The minimum atomic E-state index is -0.837. The molecule has 1 atom stereocenters. The van der Waals surface area contributed by atoms with Gasteiger partial charge in [0.05, 0.1) is 27.2 Å². The van der Waals surface area contributed by atoms with Gasteiger partial charge in [-0.1, -0.05) is 30.3 Å². The number of fused-ring (bicyclic) bond motifs is 1. The molecule has 0 bridgehead atoms. The number of carbonyl (C=O) groups excluding carboxylic acids is 3. The Balaban J connectivity index is 1.41. The molecule has 2 aliphatic heterocycles. The van der Waals surface area contributed by atoms with Gasteiger partial charge in [-0.25, -0.2) is 4.79 Å². The molecule has 2 aliphatic rings. The van der Waals surface area contributed by atoms with Crippen LogP contribution in [0.1, 0.15) is 23.1 Å². The largest absolute Gasteiger partial charge is 0.493 e. The maximum atomic E-state index is 12.9. The summed E-state index contributed by atoms with van der Waals surface area (Å²) in [6, 6.07) is 11.8. The summed E-state index contributed by atoms with van der Waals surface area (Å²) in [6.45, 7) is 1.16. The van der Waals surface area contributed by atoms with Crippen molar-refractivity contribution in [2.75, 3.05) is 20.8 Å². The van der Waals surface area contributed by atoms with Crippen LogP contribution in [0.2, 0.25) is 0 Å². The highest BCUT2D eigenvalue weighted by molar-refractivity contribution is 6.05. The summed E-state index contributed by atoms with van der Waals surface area (Å²) in [6.07, 6.45) is 0.630. The van der Waals surface area contributed by atoms with Crippen molar-refractivity contribution in [1.29, 1.82) is 0 Å². The molecule has 0 aromatic heterocycles. The lowest BCUT2D eigenvalue weighted by Crippen LogP contribution is -2.41.